The number of aliphatic hydroxyl groups excluding tert-OH is 1. The van der Waals surface area contributed by atoms with Crippen LogP contribution in [-0.4, -0.2) is 43.4 Å². The molecule has 3 nitrogen and oxygen atoms in total. The Labute approximate surface area is 104 Å². The van der Waals surface area contributed by atoms with E-state index in [-0.39, 0.29) is 0 Å². The molecule has 96 valence electrons. The fourth-order valence-corrected chi connectivity index (χ4v) is 1.80. The zero-order valence-corrected chi connectivity index (χ0v) is 11.2. The van der Waals surface area contributed by atoms with Gasteiger partial charge in [0.15, 0.2) is 0 Å². The van der Waals surface area contributed by atoms with Crippen LogP contribution in [0.5, 0.6) is 0 Å². The highest BCUT2D eigenvalue weighted by Crippen LogP contribution is 2.16. The molecule has 0 amide bonds. The summed E-state index contributed by atoms with van der Waals surface area (Å²) >= 11 is 0. The molecule has 0 saturated carbocycles. The number of nitrogens with zero attached hydrogens (tertiary/aromatic N) is 1. The SMILES string of the molecule is COCC(C)N(C)CC(O)c1cccc(C)c1. The van der Waals surface area contributed by atoms with E-state index in [1.165, 1.54) is 5.56 Å². The van der Waals surface area contributed by atoms with Crippen molar-refractivity contribution >= 4 is 0 Å². The van der Waals surface area contributed by atoms with Gasteiger partial charge in [-0.3, -0.25) is 4.90 Å². The molecule has 0 bridgehead atoms. The molecular formula is C14H23NO2. The lowest BCUT2D eigenvalue weighted by molar-refractivity contribution is 0.0709. The van der Waals surface area contributed by atoms with Gasteiger partial charge in [-0.1, -0.05) is 29.8 Å². The third-order valence-electron chi connectivity index (χ3n) is 3.05. The molecule has 0 saturated heterocycles. The van der Waals surface area contributed by atoms with Crippen molar-refractivity contribution in [1.82, 2.24) is 4.90 Å². The van der Waals surface area contributed by atoms with Crippen molar-refractivity contribution in [3.05, 3.63) is 35.4 Å². The van der Waals surface area contributed by atoms with Crippen molar-refractivity contribution in [1.29, 1.82) is 0 Å². The lowest BCUT2D eigenvalue weighted by atomic mass is 10.1. The minimum Gasteiger partial charge on any atom is -0.387 e. The van der Waals surface area contributed by atoms with Crippen LogP contribution in [0, 0.1) is 6.92 Å². The van der Waals surface area contributed by atoms with Crippen LogP contribution < -0.4 is 0 Å². The highest BCUT2D eigenvalue weighted by Gasteiger charge is 2.15. The second kappa shape index (κ2) is 6.74. The lowest BCUT2D eigenvalue weighted by Crippen LogP contribution is -2.35. The third-order valence-corrected chi connectivity index (χ3v) is 3.05. The Kier molecular flexibility index (Phi) is 5.62. The van der Waals surface area contributed by atoms with Gasteiger partial charge in [0, 0.05) is 19.7 Å². The van der Waals surface area contributed by atoms with E-state index in [9.17, 15) is 5.11 Å². The number of aliphatic hydroxyl groups is 1. The Balaban J connectivity index is 2.56. The van der Waals surface area contributed by atoms with E-state index in [0.717, 1.165) is 5.56 Å². The highest BCUT2D eigenvalue weighted by molar-refractivity contribution is 5.24. The first-order valence-corrected chi connectivity index (χ1v) is 5.98. The van der Waals surface area contributed by atoms with Crippen LogP contribution in [0.2, 0.25) is 0 Å². The summed E-state index contributed by atoms with van der Waals surface area (Å²) in [6.07, 6.45) is -0.445. The van der Waals surface area contributed by atoms with E-state index < -0.39 is 6.10 Å². The molecule has 0 aliphatic rings. The van der Waals surface area contributed by atoms with E-state index in [1.807, 2.05) is 38.2 Å². The number of ether oxygens (including phenoxy) is 1. The number of methoxy groups -OCH3 is 1. The predicted octanol–water partition coefficient (Wildman–Crippen LogP) is 2.00. The maximum Gasteiger partial charge on any atom is 0.0917 e. The number of rotatable bonds is 6. The number of benzene rings is 1. The average molecular weight is 237 g/mol. The molecule has 1 aromatic carbocycles. The molecule has 0 fully saturated rings. The monoisotopic (exact) mass is 237 g/mol. The van der Waals surface area contributed by atoms with Crippen molar-refractivity contribution < 1.29 is 9.84 Å². The summed E-state index contributed by atoms with van der Waals surface area (Å²) in [5, 5.41) is 10.2. The van der Waals surface area contributed by atoms with Gasteiger partial charge in [0.2, 0.25) is 0 Å². The molecular weight excluding hydrogens is 214 g/mol. The van der Waals surface area contributed by atoms with Crippen LogP contribution in [0.1, 0.15) is 24.2 Å². The summed E-state index contributed by atoms with van der Waals surface area (Å²) in [4.78, 5) is 2.11. The van der Waals surface area contributed by atoms with Gasteiger partial charge in [-0.25, -0.2) is 0 Å². The molecule has 1 N–H and O–H groups in total. The van der Waals surface area contributed by atoms with E-state index in [2.05, 4.69) is 11.8 Å². The van der Waals surface area contributed by atoms with Gasteiger partial charge < -0.3 is 9.84 Å². The standard InChI is InChI=1S/C14H23NO2/c1-11-6-5-7-13(8-11)14(16)9-15(3)12(2)10-17-4/h5-8,12,14,16H,9-10H2,1-4H3. The first-order chi connectivity index (χ1) is 8.04. The number of likely N-dealkylation sites (N-methyl/N-ethyl adjacent to an activating group) is 1. The molecule has 0 heterocycles. The Hall–Kier alpha value is -0.900. The fraction of sp³-hybridized carbons (Fsp3) is 0.571. The van der Waals surface area contributed by atoms with E-state index in [4.69, 9.17) is 4.74 Å². The van der Waals surface area contributed by atoms with Crippen molar-refractivity contribution in [2.75, 3.05) is 27.3 Å². The summed E-state index contributed by atoms with van der Waals surface area (Å²) < 4.78 is 5.11. The van der Waals surface area contributed by atoms with Crippen LogP contribution in [-0.2, 0) is 4.74 Å². The van der Waals surface area contributed by atoms with Gasteiger partial charge in [-0.2, -0.15) is 0 Å². The lowest BCUT2D eigenvalue weighted by Gasteiger charge is -2.26. The second-order valence-corrected chi connectivity index (χ2v) is 4.67. The van der Waals surface area contributed by atoms with Crippen LogP contribution in [0.3, 0.4) is 0 Å². The normalized spacial score (nSPS) is 14.9. The van der Waals surface area contributed by atoms with Crippen LogP contribution in [0.15, 0.2) is 24.3 Å². The van der Waals surface area contributed by atoms with Gasteiger partial charge in [-0.15, -0.1) is 0 Å². The van der Waals surface area contributed by atoms with Gasteiger partial charge >= 0.3 is 0 Å². The van der Waals surface area contributed by atoms with Crippen molar-refractivity contribution in [2.24, 2.45) is 0 Å². The summed E-state index contributed by atoms with van der Waals surface area (Å²) in [6.45, 7) is 5.42. The molecule has 3 heteroatoms. The molecule has 0 aromatic heterocycles. The van der Waals surface area contributed by atoms with E-state index in [0.29, 0.717) is 19.2 Å². The first-order valence-electron chi connectivity index (χ1n) is 5.98. The van der Waals surface area contributed by atoms with Gasteiger partial charge in [0.05, 0.1) is 12.7 Å². The molecule has 2 atom stereocenters. The summed E-state index contributed by atoms with van der Waals surface area (Å²) in [6, 6.07) is 8.31. The smallest absolute Gasteiger partial charge is 0.0917 e. The van der Waals surface area contributed by atoms with Crippen molar-refractivity contribution in [3.8, 4) is 0 Å². The van der Waals surface area contributed by atoms with Gasteiger partial charge in [0.25, 0.3) is 0 Å². The Morgan fingerprint density at radius 2 is 2.12 bits per heavy atom. The van der Waals surface area contributed by atoms with Crippen LogP contribution in [0.25, 0.3) is 0 Å². The topological polar surface area (TPSA) is 32.7 Å². The minimum absolute atomic E-state index is 0.305. The molecule has 1 rings (SSSR count). The quantitative estimate of drug-likeness (QED) is 0.821. The van der Waals surface area contributed by atoms with Crippen molar-refractivity contribution in [3.63, 3.8) is 0 Å². The maximum absolute atomic E-state index is 10.2. The van der Waals surface area contributed by atoms with Gasteiger partial charge in [0.1, 0.15) is 0 Å². The minimum atomic E-state index is -0.445. The number of hydrogen-bond acceptors (Lipinski definition) is 3. The van der Waals surface area contributed by atoms with E-state index in [1.54, 1.807) is 7.11 Å². The first kappa shape index (κ1) is 14.2. The molecule has 17 heavy (non-hydrogen) atoms. The zero-order valence-electron chi connectivity index (χ0n) is 11.2. The van der Waals surface area contributed by atoms with Crippen LogP contribution in [0.4, 0.5) is 0 Å². The number of hydrogen-bond donors (Lipinski definition) is 1. The zero-order chi connectivity index (χ0) is 12.8. The predicted molar refractivity (Wildman–Crippen MR) is 70.1 cm³/mol. The maximum atomic E-state index is 10.2. The molecule has 0 aliphatic heterocycles. The second-order valence-electron chi connectivity index (χ2n) is 4.67. The van der Waals surface area contributed by atoms with Crippen LogP contribution >= 0.6 is 0 Å². The molecule has 2 unspecified atom stereocenters. The van der Waals surface area contributed by atoms with Gasteiger partial charge in [-0.05, 0) is 26.5 Å². The molecule has 0 radical (unpaired) electrons. The molecule has 0 spiro atoms. The Morgan fingerprint density at radius 3 is 2.71 bits per heavy atom. The summed E-state index contributed by atoms with van der Waals surface area (Å²) in [7, 11) is 3.70. The Morgan fingerprint density at radius 1 is 1.41 bits per heavy atom. The Bertz CT molecular complexity index is 341. The highest BCUT2D eigenvalue weighted by atomic mass is 16.5. The van der Waals surface area contributed by atoms with Crippen molar-refractivity contribution in [2.45, 2.75) is 26.0 Å². The summed E-state index contributed by atoms with van der Waals surface area (Å²) in [5.41, 5.74) is 2.15. The van der Waals surface area contributed by atoms with E-state index >= 15 is 0 Å². The molecule has 0 aliphatic carbocycles. The number of aryl methyl sites for hydroxylation is 1. The average Bonchev–Trinajstić information content (AvgIpc) is 2.29. The fourth-order valence-electron chi connectivity index (χ4n) is 1.80. The molecule has 1 aromatic rings. The summed E-state index contributed by atoms with van der Waals surface area (Å²) in [5.74, 6) is 0. The largest absolute Gasteiger partial charge is 0.387 e. The third kappa shape index (κ3) is 4.46.